The Balaban J connectivity index is 1.23. The van der Waals surface area contributed by atoms with Crippen molar-refractivity contribution >= 4 is 34.4 Å². The van der Waals surface area contributed by atoms with Gasteiger partial charge in [0.15, 0.2) is 17.0 Å². The molecule has 0 bridgehead atoms. The topological polar surface area (TPSA) is 89.5 Å². The average Bonchev–Trinajstić information content (AvgIpc) is 3.70. The lowest BCUT2D eigenvalue weighted by Crippen LogP contribution is -2.60. The lowest BCUT2D eigenvalue weighted by molar-refractivity contribution is -0.137. The van der Waals surface area contributed by atoms with Gasteiger partial charge in [0.25, 0.3) is 5.78 Å². The highest BCUT2D eigenvalue weighted by Gasteiger charge is 2.51. The minimum atomic E-state index is -2.59. The molecule has 3 fully saturated rings. The fourth-order valence-corrected chi connectivity index (χ4v) is 7.11. The molecule has 0 amide bonds. The van der Waals surface area contributed by atoms with Crippen LogP contribution in [0.1, 0.15) is 57.6 Å². The third-order valence-corrected chi connectivity index (χ3v) is 9.30. The Kier molecular flexibility index (Phi) is 6.82. The van der Waals surface area contributed by atoms with Crippen LogP contribution in [0.3, 0.4) is 0 Å². The molecule has 1 unspecified atom stereocenters. The van der Waals surface area contributed by atoms with Crippen molar-refractivity contribution in [3.05, 3.63) is 41.2 Å². The summed E-state index contributed by atoms with van der Waals surface area (Å²) < 4.78 is 37.8. The second kappa shape index (κ2) is 10.4. The maximum atomic E-state index is 14.1. The second-order valence-electron chi connectivity index (χ2n) is 11.8. The van der Waals surface area contributed by atoms with E-state index in [9.17, 15) is 8.78 Å². The molecule has 3 aliphatic rings. The molecular formula is C28H34ClF2N9O. The molecule has 1 aromatic carbocycles. The highest BCUT2D eigenvalue weighted by atomic mass is 35.5. The van der Waals surface area contributed by atoms with Crippen LogP contribution in [0.2, 0.25) is 5.02 Å². The van der Waals surface area contributed by atoms with E-state index in [0.29, 0.717) is 36.0 Å². The third kappa shape index (κ3) is 4.83. The van der Waals surface area contributed by atoms with Crippen LogP contribution < -0.4 is 4.90 Å². The number of alkyl halides is 2. The van der Waals surface area contributed by atoms with Crippen molar-refractivity contribution in [2.75, 3.05) is 24.6 Å². The van der Waals surface area contributed by atoms with E-state index in [4.69, 9.17) is 21.3 Å². The number of aromatic nitrogens is 7. The molecule has 13 heteroatoms. The van der Waals surface area contributed by atoms with Gasteiger partial charge in [-0.25, -0.2) is 17.9 Å². The number of anilines is 1. The number of piperazine rings is 1. The van der Waals surface area contributed by atoms with Crippen LogP contribution in [0.4, 0.5) is 14.6 Å². The first-order chi connectivity index (χ1) is 19.8. The van der Waals surface area contributed by atoms with Crippen molar-refractivity contribution < 1.29 is 13.5 Å². The third-order valence-electron chi connectivity index (χ3n) is 9.05. The summed E-state index contributed by atoms with van der Waals surface area (Å²) in [7, 11) is 0. The van der Waals surface area contributed by atoms with E-state index in [2.05, 4.69) is 44.2 Å². The summed E-state index contributed by atoms with van der Waals surface area (Å²) in [5.74, 6) is -1.50. The molecule has 10 nitrogen and oxygen atoms in total. The molecule has 5 heterocycles. The van der Waals surface area contributed by atoms with Gasteiger partial charge in [0.1, 0.15) is 6.33 Å². The monoisotopic (exact) mass is 585 g/mol. The van der Waals surface area contributed by atoms with Gasteiger partial charge in [-0.2, -0.15) is 4.98 Å². The SMILES string of the molecule is CC[C@@H]1CN(c2nc3nncn3c3c2nnn3C[C@@H]2CCCO2)[C@@H](C)CN1C(c1ccc(Cl)cc1)C1CC(F)(F)C1. The van der Waals surface area contributed by atoms with Gasteiger partial charge in [0.05, 0.1) is 12.6 Å². The summed E-state index contributed by atoms with van der Waals surface area (Å²) in [6.45, 7) is 7.05. The molecule has 218 valence electrons. The Hall–Kier alpha value is -2.96. The predicted octanol–water partition coefficient (Wildman–Crippen LogP) is 4.78. The summed E-state index contributed by atoms with van der Waals surface area (Å²) >= 11 is 6.19. The van der Waals surface area contributed by atoms with Gasteiger partial charge in [0, 0.05) is 55.7 Å². The van der Waals surface area contributed by atoms with E-state index in [0.717, 1.165) is 42.9 Å². The molecule has 0 radical (unpaired) electrons. The summed E-state index contributed by atoms with van der Waals surface area (Å²) in [5.41, 5.74) is 2.53. The van der Waals surface area contributed by atoms with Crippen molar-refractivity contribution in [3.8, 4) is 0 Å². The Bertz CT molecular complexity index is 1530. The minimum absolute atomic E-state index is 0.0394. The number of hydrogen-bond acceptors (Lipinski definition) is 8. The molecule has 3 aromatic heterocycles. The van der Waals surface area contributed by atoms with Crippen LogP contribution >= 0.6 is 11.6 Å². The molecule has 4 atom stereocenters. The number of ether oxygens (including phenoxy) is 1. The summed E-state index contributed by atoms with van der Waals surface area (Å²) in [5, 5.41) is 18.1. The van der Waals surface area contributed by atoms with E-state index in [1.165, 1.54) is 0 Å². The van der Waals surface area contributed by atoms with Gasteiger partial charge in [-0.05, 0) is 49.8 Å². The molecule has 0 N–H and O–H groups in total. The quantitative estimate of drug-likeness (QED) is 0.306. The fraction of sp³-hybridized carbons (Fsp3) is 0.607. The fourth-order valence-electron chi connectivity index (χ4n) is 6.99. The Morgan fingerprint density at radius 2 is 1.95 bits per heavy atom. The summed E-state index contributed by atoms with van der Waals surface area (Å²) in [4.78, 5) is 9.62. The van der Waals surface area contributed by atoms with Gasteiger partial charge in [-0.1, -0.05) is 35.9 Å². The second-order valence-corrected chi connectivity index (χ2v) is 12.2. The maximum absolute atomic E-state index is 14.1. The number of fused-ring (bicyclic) bond motifs is 3. The van der Waals surface area contributed by atoms with Crippen LogP contribution in [-0.4, -0.2) is 83.3 Å². The summed E-state index contributed by atoms with van der Waals surface area (Å²) in [6, 6.07) is 7.74. The van der Waals surface area contributed by atoms with Crippen molar-refractivity contribution in [2.45, 2.75) is 82.6 Å². The van der Waals surface area contributed by atoms with Gasteiger partial charge in [-0.3, -0.25) is 4.90 Å². The van der Waals surface area contributed by atoms with Gasteiger partial charge in [0.2, 0.25) is 5.92 Å². The Labute approximate surface area is 241 Å². The van der Waals surface area contributed by atoms with E-state index in [-0.39, 0.29) is 43.0 Å². The molecule has 1 aliphatic carbocycles. The Morgan fingerprint density at radius 3 is 2.66 bits per heavy atom. The highest BCUT2D eigenvalue weighted by molar-refractivity contribution is 6.30. The summed E-state index contributed by atoms with van der Waals surface area (Å²) in [6.07, 6.45) is 4.45. The zero-order valence-corrected chi connectivity index (χ0v) is 24.0. The molecule has 7 rings (SSSR count). The zero-order chi connectivity index (χ0) is 28.3. The first-order valence-electron chi connectivity index (χ1n) is 14.5. The van der Waals surface area contributed by atoms with Crippen LogP contribution in [-0.2, 0) is 11.3 Å². The Morgan fingerprint density at radius 1 is 1.15 bits per heavy atom. The van der Waals surface area contributed by atoms with Crippen LogP contribution in [0.25, 0.3) is 16.9 Å². The highest BCUT2D eigenvalue weighted by Crippen LogP contribution is 2.51. The van der Waals surface area contributed by atoms with E-state index < -0.39 is 5.92 Å². The van der Waals surface area contributed by atoms with Crippen LogP contribution in [0.15, 0.2) is 30.6 Å². The predicted molar refractivity (Wildman–Crippen MR) is 150 cm³/mol. The lowest BCUT2D eigenvalue weighted by Gasteiger charge is -2.53. The number of rotatable bonds is 7. The van der Waals surface area contributed by atoms with Gasteiger partial charge >= 0.3 is 0 Å². The largest absolute Gasteiger partial charge is 0.376 e. The van der Waals surface area contributed by atoms with E-state index >= 15 is 0 Å². The van der Waals surface area contributed by atoms with Crippen molar-refractivity contribution in [1.29, 1.82) is 0 Å². The van der Waals surface area contributed by atoms with Crippen molar-refractivity contribution in [1.82, 2.24) is 39.5 Å². The van der Waals surface area contributed by atoms with Crippen molar-refractivity contribution in [2.24, 2.45) is 5.92 Å². The lowest BCUT2D eigenvalue weighted by atomic mass is 9.73. The van der Waals surface area contributed by atoms with E-state index in [1.54, 1.807) is 6.33 Å². The van der Waals surface area contributed by atoms with Gasteiger partial charge in [-0.15, -0.1) is 15.3 Å². The molecule has 2 saturated heterocycles. The average molecular weight is 586 g/mol. The molecule has 0 spiro atoms. The molecular weight excluding hydrogens is 552 g/mol. The first kappa shape index (κ1) is 26.9. The standard InChI is InChI=1S/C28H34ClF2N9O/c1-3-21-14-37(17(2)13-38(21)24(19-11-28(30,31)12-19)18-6-8-20(29)9-7-18)25-23-26(39-16-32-35-27(39)33-25)40(36-34-23)15-22-5-4-10-41-22/h6-9,16-17,19,21-22,24H,3-5,10-15H2,1-2H3/t17-,21+,22-,24?/m0/s1. The molecule has 4 aromatic rings. The number of halogens is 3. The number of benzene rings is 1. The van der Waals surface area contributed by atoms with Crippen LogP contribution in [0.5, 0.6) is 0 Å². The number of nitrogens with zero attached hydrogens (tertiary/aromatic N) is 9. The normalized spacial score (nSPS) is 26.2. The molecule has 41 heavy (non-hydrogen) atoms. The molecule has 1 saturated carbocycles. The zero-order valence-electron chi connectivity index (χ0n) is 23.2. The van der Waals surface area contributed by atoms with E-state index in [1.807, 2.05) is 33.3 Å². The molecule has 2 aliphatic heterocycles. The maximum Gasteiger partial charge on any atom is 0.258 e. The van der Waals surface area contributed by atoms with Crippen LogP contribution in [0, 0.1) is 5.92 Å². The van der Waals surface area contributed by atoms with Crippen molar-refractivity contribution in [3.63, 3.8) is 0 Å². The first-order valence-corrected chi connectivity index (χ1v) is 14.9. The van der Waals surface area contributed by atoms with Gasteiger partial charge < -0.3 is 9.64 Å². The minimum Gasteiger partial charge on any atom is -0.376 e. The smallest absolute Gasteiger partial charge is 0.258 e. The number of hydrogen-bond donors (Lipinski definition) is 0.